The van der Waals surface area contributed by atoms with Crippen molar-refractivity contribution in [2.24, 2.45) is 0 Å². The summed E-state index contributed by atoms with van der Waals surface area (Å²) in [4.78, 5) is 18.6. The number of carboxylic acid groups (broad SMARTS) is 2. The lowest BCUT2D eigenvalue weighted by atomic mass is 10.8. The second-order valence-electron chi connectivity index (χ2n) is 1.46. The lowest BCUT2D eigenvalue weighted by Gasteiger charge is -1.71. The van der Waals surface area contributed by atoms with Gasteiger partial charge in [-0.15, -0.1) is 0 Å². The quantitative estimate of drug-likeness (QED) is 0.342. The fraction of sp³-hybridized carbons (Fsp3) is 0.600. The van der Waals surface area contributed by atoms with Gasteiger partial charge < -0.3 is 10.2 Å². The van der Waals surface area contributed by atoms with Crippen molar-refractivity contribution in [3.63, 3.8) is 0 Å². The van der Waals surface area contributed by atoms with Crippen LogP contribution in [0.3, 0.4) is 0 Å². The van der Waals surface area contributed by atoms with Crippen LogP contribution in [0.2, 0.25) is 0 Å². The highest BCUT2D eigenvalue weighted by Gasteiger charge is 1.97. The molecule has 78 valence electrons. The molecule has 0 radical (unpaired) electrons. The molecule has 8 heteroatoms. The van der Waals surface area contributed by atoms with E-state index in [1.807, 2.05) is 21.6 Å². The smallest absolute Gasteiger partial charge is 0.313 e. The van der Waals surface area contributed by atoms with Crippen molar-refractivity contribution in [2.75, 3.05) is 16.6 Å². The molecule has 0 saturated carbocycles. The molecular weight excluding hydrogens is 252 g/mol. The Morgan fingerprint density at radius 2 is 1.23 bits per heavy atom. The summed E-state index contributed by atoms with van der Waals surface area (Å²) < 4.78 is 0. The summed E-state index contributed by atoms with van der Waals surface area (Å²) in [7, 11) is 3.83. The van der Waals surface area contributed by atoms with E-state index < -0.39 is 11.9 Å². The van der Waals surface area contributed by atoms with E-state index >= 15 is 0 Å². The standard InChI is InChI=1S/2C2H4O2S.CH2S2/c2*3-2(4)1-5;1-2-3-1/h2*5H,1H2,(H,3,4);1H2. The summed E-state index contributed by atoms with van der Waals surface area (Å²) >= 11 is 6.83. The molecule has 0 aliphatic carbocycles. The molecule has 0 amide bonds. The zero-order chi connectivity index (χ0) is 10.7. The van der Waals surface area contributed by atoms with Crippen molar-refractivity contribution in [2.45, 2.75) is 0 Å². The first-order chi connectivity index (χ1) is 6.04. The van der Waals surface area contributed by atoms with Crippen LogP contribution >= 0.6 is 46.8 Å². The van der Waals surface area contributed by atoms with Crippen molar-refractivity contribution >= 4 is 58.8 Å². The highest BCUT2D eigenvalue weighted by Crippen LogP contribution is 2.41. The highest BCUT2D eigenvalue weighted by molar-refractivity contribution is 8.92. The second-order valence-corrected chi connectivity index (χ2v) is 4.92. The minimum Gasteiger partial charge on any atom is -0.481 e. The summed E-state index contributed by atoms with van der Waals surface area (Å²) in [5.74, 6) is -1.93. The van der Waals surface area contributed by atoms with Crippen LogP contribution in [0.15, 0.2) is 0 Å². The summed E-state index contributed by atoms with van der Waals surface area (Å²) in [6, 6.07) is 0. The molecule has 13 heavy (non-hydrogen) atoms. The number of hydrogen-bond donors (Lipinski definition) is 4. The van der Waals surface area contributed by atoms with Crippen molar-refractivity contribution in [3.8, 4) is 0 Å². The number of aliphatic carboxylic acids is 2. The van der Waals surface area contributed by atoms with Gasteiger partial charge in [-0.25, -0.2) is 0 Å². The molecule has 0 aromatic carbocycles. The summed E-state index contributed by atoms with van der Waals surface area (Å²) in [6.07, 6.45) is 0. The first-order valence-corrected chi connectivity index (χ1v) is 6.69. The molecule has 2 N–H and O–H groups in total. The topological polar surface area (TPSA) is 74.6 Å². The molecule has 0 aromatic rings. The van der Waals surface area contributed by atoms with E-state index in [-0.39, 0.29) is 11.5 Å². The van der Waals surface area contributed by atoms with Gasteiger partial charge in [-0.3, -0.25) is 9.59 Å². The van der Waals surface area contributed by atoms with E-state index in [0.717, 1.165) is 0 Å². The normalized spacial score (nSPS) is 11.2. The zero-order valence-corrected chi connectivity index (χ0v) is 9.97. The minimum absolute atomic E-state index is 0.0833. The van der Waals surface area contributed by atoms with Gasteiger partial charge in [-0.2, -0.15) is 25.3 Å². The summed E-state index contributed by atoms with van der Waals surface area (Å²) in [5.41, 5.74) is 0. The Kier molecular flexibility index (Phi) is 15.0. The Hall–Kier alpha value is 0.340. The minimum atomic E-state index is -0.881. The molecule has 1 saturated heterocycles. The van der Waals surface area contributed by atoms with Crippen LogP contribution in [0.25, 0.3) is 0 Å². The third-order valence-electron chi connectivity index (χ3n) is 0.388. The van der Waals surface area contributed by atoms with Gasteiger partial charge in [0.05, 0.1) is 16.6 Å². The maximum absolute atomic E-state index is 9.29. The first kappa shape index (κ1) is 15.8. The maximum atomic E-state index is 9.29. The van der Waals surface area contributed by atoms with Crippen molar-refractivity contribution in [1.82, 2.24) is 0 Å². The lowest BCUT2D eigenvalue weighted by Crippen LogP contribution is -1.92. The molecule has 1 rings (SSSR count). The van der Waals surface area contributed by atoms with E-state index in [0.29, 0.717) is 0 Å². The van der Waals surface area contributed by atoms with Gasteiger partial charge in [0.2, 0.25) is 0 Å². The average molecular weight is 262 g/mol. The highest BCUT2D eigenvalue weighted by atomic mass is 33.2. The predicted molar refractivity (Wildman–Crippen MR) is 63.0 cm³/mol. The zero-order valence-electron chi connectivity index (χ0n) is 6.54. The molecule has 1 fully saturated rings. The lowest BCUT2D eigenvalue weighted by molar-refractivity contribution is -0.134. The monoisotopic (exact) mass is 262 g/mol. The Balaban J connectivity index is 0. The number of carboxylic acids is 2. The third kappa shape index (κ3) is 46.3. The van der Waals surface area contributed by atoms with E-state index in [1.165, 1.54) is 5.08 Å². The van der Waals surface area contributed by atoms with Gasteiger partial charge in [0.1, 0.15) is 0 Å². The number of carbonyl (C=O) groups is 2. The largest absolute Gasteiger partial charge is 0.481 e. The molecule has 0 atom stereocenters. The molecule has 0 spiro atoms. The fourth-order valence-corrected chi connectivity index (χ4v) is 0. The molecule has 1 heterocycles. The fourth-order valence-electron chi connectivity index (χ4n) is 0. The molecule has 0 unspecified atom stereocenters. The number of rotatable bonds is 2. The number of thiol groups is 2. The third-order valence-corrected chi connectivity index (χ3v) is 1.87. The van der Waals surface area contributed by atoms with Crippen LogP contribution in [0.1, 0.15) is 0 Å². The Bertz CT molecular complexity index is 133. The predicted octanol–water partition coefficient (Wildman–Crippen LogP) is 1.34. The molecule has 1 aliphatic heterocycles. The van der Waals surface area contributed by atoms with Gasteiger partial charge in [0.15, 0.2) is 0 Å². The molecular formula is C5H10O4S4. The van der Waals surface area contributed by atoms with Crippen molar-refractivity contribution < 1.29 is 19.8 Å². The van der Waals surface area contributed by atoms with E-state index in [1.54, 1.807) is 0 Å². The Morgan fingerprint density at radius 3 is 1.23 bits per heavy atom. The SMILES string of the molecule is C1SS1.O=C(O)CS.O=C(O)CS. The van der Waals surface area contributed by atoms with Crippen LogP contribution < -0.4 is 0 Å². The van der Waals surface area contributed by atoms with E-state index in [2.05, 4.69) is 25.3 Å². The summed E-state index contributed by atoms with van der Waals surface area (Å²) in [6.45, 7) is 0. The molecule has 0 bridgehead atoms. The Morgan fingerprint density at radius 1 is 1.08 bits per heavy atom. The van der Waals surface area contributed by atoms with E-state index in [9.17, 15) is 9.59 Å². The van der Waals surface area contributed by atoms with Gasteiger partial charge >= 0.3 is 11.9 Å². The van der Waals surface area contributed by atoms with Crippen LogP contribution in [-0.2, 0) is 9.59 Å². The van der Waals surface area contributed by atoms with Gasteiger partial charge in [-0.05, 0) is 0 Å². The van der Waals surface area contributed by atoms with Gasteiger partial charge in [0.25, 0.3) is 0 Å². The van der Waals surface area contributed by atoms with Crippen molar-refractivity contribution in [1.29, 1.82) is 0 Å². The van der Waals surface area contributed by atoms with Gasteiger partial charge in [-0.1, -0.05) is 21.6 Å². The van der Waals surface area contributed by atoms with E-state index in [4.69, 9.17) is 10.2 Å². The van der Waals surface area contributed by atoms with Crippen LogP contribution in [0.4, 0.5) is 0 Å². The molecule has 0 aromatic heterocycles. The maximum Gasteiger partial charge on any atom is 0.313 e. The van der Waals surface area contributed by atoms with Gasteiger partial charge in [0, 0.05) is 0 Å². The van der Waals surface area contributed by atoms with Crippen LogP contribution in [-0.4, -0.2) is 38.7 Å². The average Bonchev–Trinajstić information content (AvgIpc) is 2.91. The molecule has 1 aliphatic rings. The van der Waals surface area contributed by atoms with Crippen LogP contribution in [0, 0.1) is 0 Å². The number of hydrogen-bond acceptors (Lipinski definition) is 6. The second kappa shape index (κ2) is 12.3. The van der Waals surface area contributed by atoms with Crippen molar-refractivity contribution in [3.05, 3.63) is 0 Å². The molecule has 4 nitrogen and oxygen atoms in total. The summed E-state index contributed by atoms with van der Waals surface area (Å²) in [5, 5.41) is 16.6. The van der Waals surface area contributed by atoms with Crippen LogP contribution in [0.5, 0.6) is 0 Å². The first-order valence-electron chi connectivity index (χ1n) is 2.94. The Labute approximate surface area is 95.1 Å².